The van der Waals surface area contributed by atoms with Crippen molar-refractivity contribution in [2.24, 2.45) is 0 Å². The van der Waals surface area contributed by atoms with Crippen molar-refractivity contribution in [3.8, 4) is 0 Å². The number of pyridine rings is 2. The van der Waals surface area contributed by atoms with Crippen LogP contribution in [0.25, 0.3) is 0 Å². The highest BCUT2D eigenvalue weighted by molar-refractivity contribution is 5.95. The molecule has 0 atom stereocenters. The maximum absolute atomic E-state index is 12.3. The van der Waals surface area contributed by atoms with E-state index in [1.54, 1.807) is 30.9 Å². The van der Waals surface area contributed by atoms with Crippen LogP contribution in [0.15, 0.2) is 73.3 Å². The second kappa shape index (κ2) is 7.17. The maximum atomic E-state index is 12.3. The largest absolute Gasteiger partial charge is 0.354 e. The number of amides is 1. The molecule has 0 saturated heterocycles. The third-order valence-corrected chi connectivity index (χ3v) is 3.25. The van der Waals surface area contributed by atoms with Crippen molar-refractivity contribution in [2.75, 3.05) is 5.32 Å². The molecule has 5 nitrogen and oxygen atoms in total. The van der Waals surface area contributed by atoms with Crippen molar-refractivity contribution in [1.82, 2.24) is 15.3 Å². The summed E-state index contributed by atoms with van der Waals surface area (Å²) in [6.07, 6.45) is 6.89. The molecule has 114 valence electrons. The summed E-state index contributed by atoms with van der Waals surface area (Å²) in [6, 6.07) is 14.9. The summed E-state index contributed by atoms with van der Waals surface area (Å²) >= 11 is 0. The lowest BCUT2D eigenvalue weighted by Crippen LogP contribution is -2.22. The maximum Gasteiger partial charge on any atom is 0.251 e. The molecule has 0 aliphatic rings. The average molecular weight is 304 g/mol. The third-order valence-electron chi connectivity index (χ3n) is 3.25. The Morgan fingerprint density at radius 3 is 2.43 bits per heavy atom. The number of aromatic nitrogens is 2. The van der Waals surface area contributed by atoms with Crippen molar-refractivity contribution in [2.45, 2.75) is 6.54 Å². The Hall–Kier alpha value is -3.21. The number of hydrogen-bond donors (Lipinski definition) is 2. The fraction of sp³-hybridized carbons (Fsp3) is 0.0556. The van der Waals surface area contributed by atoms with Crippen molar-refractivity contribution in [3.05, 3.63) is 84.4 Å². The van der Waals surface area contributed by atoms with Crippen LogP contribution in [0.3, 0.4) is 0 Å². The normalized spacial score (nSPS) is 10.1. The zero-order valence-corrected chi connectivity index (χ0v) is 12.4. The third kappa shape index (κ3) is 4.14. The van der Waals surface area contributed by atoms with Gasteiger partial charge in [0.1, 0.15) is 0 Å². The monoisotopic (exact) mass is 304 g/mol. The molecule has 3 rings (SSSR count). The summed E-state index contributed by atoms with van der Waals surface area (Å²) < 4.78 is 0. The van der Waals surface area contributed by atoms with Gasteiger partial charge in [0.25, 0.3) is 5.91 Å². The summed E-state index contributed by atoms with van der Waals surface area (Å²) in [7, 11) is 0. The lowest BCUT2D eigenvalue weighted by atomic mass is 10.1. The van der Waals surface area contributed by atoms with Crippen molar-refractivity contribution in [1.29, 1.82) is 0 Å². The van der Waals surface area contributed by atoms with Crippen LogP contribution in [0.2, 0.25) is 0 Å². The van der Waals surface area contributed by atoms with Gasteiger partial charge in [-0.25, -0.2) is 0 Å². The molecule has 1 amide bonds. The SMILES string of the molecule is O=C(NCc1cccnc1)c1cccc(Nc2cccnc2)c1. The Balaban J connectivity index is 1.65. The molecular formula is C18H16N4O. The van der Waals surface area contributed by atoms with Gasteiger partial charge >= 0.3 is 0 Å². The first-order chi connectivity index (χ1) is 11.3. The van der Waals surface area contributed by atoms with E-state index in [4.69, 9.17) is 0 Å². The van der Waals surface area contributed by atoms with Crippen LogP contribution in [-0.4, -0.2) is 15.9 Å². The zero-order chi connectivity index (χ0) is 15.9. The molecule has 0 bridgehead atoms. The summed E-state index contributed by atoms with van der Waals surface area (Å²) in [5, 5.41) is 6.11. The van der Waals surface area contributed by atoms with E-state index in [1.165, 1.54) is 0 Å². The molecule has 0 saturated carbocycles. The fourth-order valence-electron chi connectivity index (χ4n) is 2.13. The van der Waals surface area contributed by atoms with Gasteiger partial charge < -0.3 is 10.6 Å². The Morgan fingerprint density at radius 2 is 1.70 bits per heavy atom. The second-order valence-electron chi connectivity index (χ2n) is 4.99. The molecule has 0 fully saturated rings. The molecule has 0 unspecified atom stereocenters. The van der Waals surface area contributed by atoms with Gasteiger partial charge in [-0.05, 0) is 42.0 Å². The summed E-state index contributed by atoms with van der Waals surface area (Å²) in [4.78, 5) is 20.3. The minimum Gasteiger partial charge on any atom is -0.354 e. The molecule has 5 heteroatoms. The standard InChI is InChI=1S/C18H16N4O/c23-18(21-12-14-4-2-8-19-11-14)15-5-1-6-16(10-15)22-17-7-3-9-20-13-17/h1-11,13,22H,12H2,(H,21,23). The smallest absolute Gasteiger partial charge is 0.251 e. The van der Waals surface area contributed by atoms with Crippen LogP contribution < -0.4 is 10.6 Å². The van der Waals surface area contributed by atoms with Crippen molar-refractivity contribution in [3.63, 3.8) is 0 Å². The molecule has 2 heterocycles. The highest BCUT2D eigenvalue weighted by Crippen LogP contribution is 2.16. The van der Waals surface area contributed by atoms with Crippen LogP contribution in [0.1, 0.15) is 15.9 Å². The number of carbonyl (C=O) groups is 1. The number of benzene rings is 1. The number of nitrogens with one attached hydrogen (secondary N) is 2. The lowest BCUT2D eigenvalue weighted by molar-refractivity contribution is 0.0951. The molecule has 3 aromatic rings. The van der Waals surface area contributed by atoms with E-state index >= 15 is 0 Å². The number of anilines is 2. The molecule has 0 radical (unpaired) electrons. The van der Waals surface area contributed by atoms with E-state index in [2.05, 4.69) is 20.6 Å². The van der Waals surface area contributed by atoms with E-state index in [0.717, 1.165) is 16.9 Å². The average Bonchev–Trinajstić information content (AvgIpc) is 2.62. The minimum absolute atomic E-state index is 0.122. The first kappa shape index (κ1) is 14.7. The van der Waals surface area contributed by atoms with Crippen LogP contribution in [0, 0.1) is 0 Å². The van der Waals surface area contributed by atoms with Gasteiger partial charge in [0, 0.05) is 36.4 Å². The van der Waals surface area contributed by atoms with E-state index in [-0.39, 0.29) is 5.91 Å². The molecule has 0 spiro atoms. The quantitative estimate of drug-likeness (QED) is 0.760. The fourth-order valence-corrected chi connectivity index (χ4v) is 2.13. The molecule has 0 aliphatic heterocycles. The Kier molecular flexibility index (Phi) is 4.59. The Bertz CT molecular complexity index is 775. The van der Waals surface area contributed by atoms with Crippen LogP contribution in [-0.2, 0) is 6.54 Å². The van der Waals surface area contributed by atoms with Crippen LogP contribution in [0.4, 0.5) is 11.4 Å². The van der Waals surface area contributed by atoms with Gasteiger partial charge in [-0.3, -0.25) is 14.8 Å². The molecule has 23 heavy (non-hydrogen) atoms. The number of carbonyl (C=O) groups excluding carboxylic acids is 1. The number of rotatable bonds is 5. The highest BCUT2D eigenvalue weighted by atomic mass is 16.1. The molecular weight excluding hydrogens is 288 g/mol. The molecule has 1 aromatic carbocycles. The van der Waals surface area contributed by atoms with Crippen molar-refractivity contribution < 1.29 is 4.79 Å². The van der Waals surface area contributed by atoms with E-state index in [1.807, 2.05) is 42.5 Å². The summed E-state index contributed by atoms with van der Waals surface area (Å²) in [5.41, 5.74) is 3.28. The van der Waals surface area contributed by atoms with Gasteiger partial charge in [0.2, 0.25) is 0 Å². The lowest BCUT2D eigenvalue weighted by Gasteiger charge is -2.09. The first-order valence-corrected chi connectivity index (χ1v) is 7.25. The van der Waals surface area contributed by atoms with Gasteiger partial charge in [-0.15, -0.1) is 0 Å². The second-order valence-corrected chi connectivity index (χ2v) is 4.99. The van der Waals surface area contributed by atoms with E-state index in [9.17, 15) is 4.79 Å². The molecule has 0 aliphatic carbocycles. The highest BCUT2D eigenvalue weighted by Gasteiger charge is 2.06. The van der Waals surface area contributed by atoms with E-state index in [0.29, 0.717) is 12.1 Å². The first-order valence-electron chi connectivity index (χ1n) is 7.25. The minimum atomic E-state index is -0.122. The van der Waals surface area contributed by atoms with Gasteiger partial charge in [-0.2, -0.15) is 0 Å². The van der Waals surface area contributed by atoms with Crippen LogP contribution >= 0.6 is 0 Å². The predicted molar refractivity (Wildman–Crippen MR) is 89.4 cm³/mol. The topological polar surface area (TPSA) is 66.9 Å². The zero-order valence-electron chi connectivity index (χ0n) is 12.4. The predicted octanol–water partition coefficient (Wildman–Crippen LogP) is 3.15. The Morgan fingerprint density at radius 1 is 0.913 bits per heavy atom. The Labute approximate surface area is 134 Å². The van der Waals surface area contributed by atoms with Gasteiger partial charge in [0.15, 0.2) is 0 Å². The van der Waals surface area contributed by atoms with E-state index < -0.39 is 0 Å². The summed E-state index contributed by atoms with van der Waals surface area (Å²) in [6.45, 7) is 0.451. The molecule has 2 aromatic heterocycles. The number of nitrogens with zero attached hydrogens (tertiary/aromatic N) is 2. The van der Waals surface area contributed by atoms with Crippen molar-refractivity contribution >= 4 is 17.3 Å². The number of hydrogen-bond acceptors (Lipinski definition) is 4. The van der Waals surface area contributed by atoms with Crippen LogP contribution in [0.5, 0.6) is 0 Å². The summed E-state index contributed by atoms with van der Waals surface area (Å²) in [5.74, 6) is -0.122. The molecule has 2 N–H and O–H groups in total. The van der Waals surface area contributed by atoms with Gasteiger partial charge in [-0.1, -0.05) is 12.1 Å². The van der Waals surface area contributed by atoms with Gasteiger partial charge in [0.05, 0.1) is 11.9 Å².